The van der Waals surface area contributed by atoms with E-state index in [0.29, 0.717) is 0 Å². The van der Waals surface area contributed by atoms with Crippen LogP contribution < -0.4 is 4.74 Å². The Kier molecular flexibility index (Phi) is 6.02. The first-order chi connectivity index (χ1) is 7.57. The average Bonchev–Trinajstić information content (AvgIpc) is 2.27. The molecule has 0 saturated heterocycles. The van der Waals surface area contributed by atoms with Crippen molar-refractivity contribution in [2.75, 3.05) is 7.11 Å². The monoisotopic (exact) mass is 322 g/mol. The summed E-state index contributed by atoms with van der Waals surface area (Å²) in [5, 5.41) is 1.89. The molecule has 4 heteroatoms. The SMILES string of the molecule is CCC[CH2][Ge]([Cl])([Cl])[CH2]c1ccc(OC)cc1. The molecule has 0 aliphatic carbocycles. The summed E-state index contributed by atoms with van der Waals surface area (Å²) in [6.45, 7) is 2.17. The van der Waals surface area contributed by atoms with Crippen molar-refractivity contribution in [3.63, 3.8) is 0 Å². The molecule has 0 amide bonds. The molecule has 90 valence electrons. The summed E-state index contributed by atoms with van der Waals surface area (Å²) in [6, 6.07) is 8.02. The van der Waals surface area contributed by atoms with E-state index in [9.17, 15) is 0 Å². The number of halogens is 2. The van der Waals surface area contributed by atoms with Gasteiger partial charge in [0.15, 0.2) is 0 Å². The third kappa shape index (κ3) is 4.98. The van der Waals surface area contributed by atoms with Crippen LogP contribution in [-0.2, 0) is 5.25 Å². The molecule has 1 rings (SSSR count). The molecular formula is C12H18Cl2GeO. The van der Waals surface area contributed by atoms with Crippen molar-refractivity contribution in [1.82, 2.24) is 0 Å². The summed E-state index contributed by atoms with van der Waals surface area (Å²) >= 11 is -2.59. The first-order valence-corrected chi connectivity index (χ1v) is 14.1. The van der Waals surface area contributed by atoms with Gasteiger partial charge in [-0.15, -0.1) is 0 Å². The molecule has 0 aromatic heterocycles. The molecule has 1 nitrogen and oxygen atoms in total. The fraction of sp³-hybridized carbons (Fsp3) is 0.500. The van der Waals surface area contributed by atoms with E-state index < -0.39 is 11.4 Å². The van der Waals surface area contributed by atoms with Gasteiger partial charge in [0.2, 0.25) is 0 Å². The van der Waals surface area contributed by atoms with E-state index in [2.05, 4.69) is 19.1 Å². The number of hydrogen-bond donors (Lipinski definition) is 0. The van der Waals surface area contributed by atoms with E-state index in [1.165, 1.54) is 5.56 Å². The Morgan fingerprint density at radius 1 is 1.19 bits per heavy atom. The molecule has 0 fully saturated rings. The number of unbranched alkanes of at least 4 members (excludes halogenated alkanes) is 1. The van der Waals surface area contributed by atoms with Crippen molar-refractivity contribution in [3.05, 3.63) is 29.8 Å². The molecule has 0 saturated carbocycles. The van der Waals surface area contributed by atoms with Gasteiger partial charge in [-0.2, -0.15) is 0 Å². The van der Waals surface area contributed by atoms with Gasteiger partial charge >= 0.3 is 109 Å². The third-order valence-electron chi connectivity index (χ3n) is 2.52. The summed E-state index contributed by atoms with van der Waals surface area (Å²) in [4.78, 5) is 0. The number of benzene rings is 1. The van der Waals surface area contributed by atoms with Crippen LogP contribution in [0.2, 0.25) is 5.25 Å². The topological polar surface area (TPSA) is 9.23 Å². The Labute approximate surface area is 109 Å². The Bertz CT molecular complexity index is 311. The number of hydrogen-bond acceptors (Lipinski definition) is 1. The number of ether oxygens (including phenoxy) is 1. The molecule has 0 radical (unpaired) electrons. The maximum atomic E-state index is 6.44. The molecule has 16 heavy (non-hydrogen) atoms. The van der Waals surface area contributed by atoms with Gasteiger partial charge in [0.05, 0.1) is 0 Å². The van der Waals surface area contributed by atoms with Crippen molar-refractivity contribution in [1.29, 1.82) is 0 Å². The quantitative estimate of drug-likeness (QED) is 0.701. The van der Waals surface area contributed by atoms with Gasteiger partial charge in [-0.05, 0) is 0 Å². The zero-order valence-corrected chi connectivity index (χ0v) is 13.4. The molecule has 0 N–H and O–H groups in total. The van der Waals surface area contributed by atoms with Gasteiger partial charge in [-0.25, -0.2) is 0 Å². The molecule has 0 heterocycles. The molecule has 0 atom stereocenters. The summed E-state index contributed by atoms with van der Waals surface area (Å²) in [5.41, 5.74) is 1.22. The standard InChI is InChI=1S/C12H18Cl2GeO/c1-3-4-9-15(13,14)10-11-5-7-12(16-2)8-6-11/h5-8H,3-4,9-10H2,1-2H3. The van der Waals surface area contributed by atoms with E-state index in [1.54, 1.807) is 7.11 Å². The van der Waals surface area contributed by atoms with Crippen LogP contribution in [0.1, 0.15) is 25.3 Å². The summed E-state index contributed by atoms with van der Waals surface area (Å²) in [5.74, 6) is 0.875. The van der Waals surface area contributed by atoms with Crippen LogP contribution in [0, 0.1) is 0 Å². The first-order valence-electron chi connectivity index (χ1n) is 5.58. The van der Waals surface area contributed by atoms with Crippen LogP contribution in [-0.4, -0.2) is 18.5 Å². The minimum atomic E-state index is -2.59. The van der Waals surface area contributed by atoms with E-state index in [1.807, 2.05) is 12.1 Å². The molecule has 0 spiro atoms. The Morgan fingerprint density at radius 2 is 1.81 bits per heavy atom. The zero-order chi connectivity index (χ0) is 12.0. The summed E-state index contributed by atoms with van der Waals surface area (Å²) in [7, 11) is 14.6. The van der Waals surface area contributed by atoms with Crippen LogP contribution in [0.15, 0.2) is 24.3 Å². The molecule has 0 aliphatic rings. The van der Waals surface area contributed by atoms with Crippen LogP contribution in [0.5, 0.6) is 5.75 Å². The maximum absolute atomic E-state index is 6.44. The van der Waals surface area contributed by atoms with Gasteiger partial charge in [0, 0.05) is 0 Å². The second-order valence-electron chi connectivity index (χ2n) is 3.98. The van der Waals surface area contributed by atoms with Crippen molar-refractivity contribution in [2.45, 2.75) is 30.3 Å². The van der Waals surface area contributed by atoms with Gasteiger partial charge in [-0.3, -0.25) is 0 Å². The van der Waals surface area contributed by atoms with Crippen molar-refractivity contribution in [2.24, 2.45) is 0 Å². The normalized spacial score (nSPS) is 11.5. The fourth-order valence-electron chi connectivity index (χ4n) is 1.57. The molecule has 0 unspecified atom stereocenters. The molecule has 0 bridgehead atoms. The van der Waals surface area contributed by atoms with Crippen molar-refractivity contribution >= 4 is 31.4 Å². The van der Waals surface area contributed by atoms with E-state index in [0.717, 1.165) is 29.1 Å². The van der Waals surface area contributed by atoms with E-state index >= 15 is 0 Å². The fourth-order valence-corrected chi connectivity index (χ4v) is 8.50. The Morgan fingerprint density at radius 3 is 2.31 bits per heavy atom. The van der Waals surface area contributed by atoms with E-state index in [-0.39, 0.29) is 0 Å². The summed E-state index contributed by atoms with van der Waals surface area (Å²) < 4.78 is 5.11. The van der Waals surface area contributed by atoms with E-state index in [4.69, 9.17) is 24.8 Å². The molecule has 0 aliphatic heterocycles. The predicted molar refractivity (Wildman–Crippen MR) is 73.9 cm³/mol. The van der Waals surface area contributed by atoms with Crippen LogP contribution in [0.3, 0.4) is 0 Å². The second kappa shape index (κ2) is 6.78. The van der Waals surface area contributed by atoms with Crippen LogP contribution >= 0.6 is 20.0 Å². The van der Waals surface area contributed by atoms with Crippen LogP contribution in [0.4, 0.5) is 0 Å². The van der Waals surface area contributed by atoms with Gasteiger partial charge in [0.1, 0.15) is 0 Å². The Hall–Kier alpha value is 0.143. The molecule has 1 aromatic carbocycles. The van der Waals surface area contributed by atoms with Crippen LogP contribution in [0.25, 0.3) is 0 Å². The summed E-state index contributed by atoms with van der Waals surface area (Å²) in [6.07, 6.45) is 2.30. The van der Waals surface area contributed by atoms with Gasteiger partial charge in [0.25, 0.3) is 0 Å². The minimum absolute atomic E-state index is 0.868. The predicted octanol–water partition coefficient (Wildman–Crippen LogP) is 4.50. The van der Waals surface area contributed by atoms with Gasteiger partial charge < -0.3 is 0 Å². The van der Waals surface area contributed by atoms with Crippen molar-refractivity contribution in [3.8, 4) is 5.75 Å². The Balaban J connectivity index is 2.57. The third-order valence-corrected chi connectivity index (χ3v) is 10.1. The molecular weight excluding hydrogens is 304 g/mol. The number of rotatable bonds is 6. The van der Waals surface area contributed by atoms with Crippen molar-refractivity contribution < 1.29 is 4.74 Å². The average molecular weight is 322 g/mol. The zero-order valence-electron chi connectivity index (χ0n) is 9.80. The number of methoxy groups -OCH3 is 1. The first kappa shape index (κ1) is 14.2. The van der Waals surface area contributed by atoms with Gasteiger partial charge in [-0.1, -0.05) is 0 Å². The second-order valence-corrected chi connectivity index (χ2v) is 17.9. The molecule has 1 aromatic rings.